The van der Waals surface area contributed by atoms with Crippen molar-refractivity contribution in [1.29, 1.82) is 0 Å². The molecule has 2 aliphatic heterocycles. The number of morpholine rings is 1. The van der Waals surface area contributed by atoms with Gasteiger partial charge in [0.1, 0.15) is 5.82 Å². The highest BCUT2D eigenvalue weighted by atomic mass is 35.5. The largest absolute Gasteiger partial charge is 0.378 e. The molecule has 26 heavy (non-hydrogen) atoms. The maximum absolute atomic E-state index is 13.7. The quantitative estimate of drug-likeness (QED) is 0.849. The van der Waals surface area contributed by atoms with Crippen molar-refractivity contribution in [1.82, 2.24) is 15.1 Å². The third-order valence-electron chi connectivity index (χ3n) is 4.76. The van der Waals surface area contributed by atoms with Crippen molar-refractivity contribution < 1.29 is 18.7 Å². The number of ether oxygens (including phenoxy) is 1. The van der Waals surface area contributed by atoms with Gasteiger partial charge in [-0.1, -0.05) is 6.07 Å². The lowest BCUT2D eigenvalue weighted by atomic mass is 10.1. The van der Waals surface area contributed by atoms with Gasteiger partial charge in [0, 0.05) is 50.7 Å². The first-order valence-electron chi connectivity index (χ1n) is 8.69. The van der Waals surface area contributed by atoms with Crippen molar-refractivity contribution in [2.24, 2.45) is 0 Å². The highest BCUT2D eigenvalue weighted by Crippen LogP contribution is 2.14. The van der Waals surface area contributed by atoms with Crippen LogP contribution in [-0.4, -0.2) is 73.6 Å². The molecule has 2 saturated heterocycles. The van der Waals surface area contributed by atoms with E-state index in [1.165, 1.54) is 6.07 Å². The zero-order valence-electron chi connectivity index (χ0n) is 14.9. The first-order chi connectivity index (χ1) is 12.0. The van der Waals surface area contributed by atoms with Crippen LogP contribution in [0, 0.1) is 12.7 Å². The smallest absolute Gasteiger partial charge is 0.254 e. The Morgan fingerprint density at radius 1 is 1.23 bits per heavy atom. The fourth-order valence-electron chi connectivity index (χ4n) is 3.16. The lowest BCUT2D eigenvalue weighted by Gasteiger charge is -2.36. The monoisotopic (exact) mass is 385 g/mol. The summed E-state index contributed by atoms with van der Waals surface area (Å²) in [5, 5.41) is 3.27. The Bertz CT molecular complexity index is 645. The molecule has 1 aromatic carbocycles. The summed E-state index contributed by atoms with van der Waals surface area (Å²) < 4.78 is 19.0. The Labute approximate surface area is 159 Å². The molecule has 0 aliphatic carbocycles. The predicted molar refractivity (Wildman–Crippen MR) is 98.1 cm³/mol. The maximum atomic E-state index is 13.7. The Morgan fingerprint density at radius 2 is 1.92 bits per heavy atom. The predicted octanol–water partition coefficient (Wildman–Crippen LogP) is 1.22. The lowest BCUT2D eigenvalue weighted by molar-refractivity contribution is -0.133. The van der Waals surface area contributed by atoms with Crippen molar-refractivity contribution >= 4 is 24.2 Å². The Hall–Kier alpha value is -1.70. The summed E-state index contributed by atoms with van der Waals surface area (Å²) in [6.45, 7) is 5.63. The molecule has 0 aromatic heterocycles. The molecule has 3 rings (SSSR count). The van der Waals surface area contributed by atoms with Gasteiger partial charge >= 0.3 is 0 Å². The van der Waals surface area contributed by atoms with Gasteiger partial charge in [-0.3, -0.25) is 9.59 Å². The van der Waals surface area contributed by atoms with Crippen molar-refractivity contribution in [3.05, 3.63) is 35.1 Å². The highest BCUT2D eigenvalue weighted by Gasteiger charge is 2.27. The molecule has 0 spiro atoms. The van der Waals surface area contributed by atoms with Gasteiger partial charge in [0.05, 0.1) is 13.2 Å². The fourth-order valence-corrected chi connectivity index (χ4v) is 3.16. The van der Waals surface area contributed by atoms with Gasteiger partial charge in [-0.25, -0.2) is 4.39 Å². The number of nitrogens with zero attached hydrogens (tertiary/aromatic N) is 2. The highest BCUT2D eigenvalue weighted by molar-refractivity contribution is 5.94. The zero-order valence-corrected chi connectivity index (χ0v) is 15.7. The summed E-state index contributed by atoms with van der Waals surface area (Å²) in [5.41, 5.74) is 0.874. The van der Waals surface area contributed by atoms with E-state index in [1.807, 2.05) is 0 Å². The van der Waals surface area contributed by atoms with Gasteiger partial charge in [-0.2, -0.15) is 0 Å². The number of rotatable bonds is 3. The van der Waals surface area contributed by atoms with Crippen LogP contribution in [0.2, 0.25) is 0 Å². The second kappa shape index (κ2) is 9.30. The van der Waals surface area contributed by atoms with E-state index in [9.17, 15) is 14.0 Å². The van der Waals surface area contributed by atoms with Crippen LogP contribution in [0.3, 0.4) is 0 Å². The van der Waals surface area contributed by atoms with Crippen LogP contribution in [0.4, 0.5) is 4.39 Å². The summed E-state index contributed by atoms with van der Waals surface area (Å²) >= 11 is 0. The number of hydrogen-bond acceptors (Lipinski definition) is 4. The summed E-state index contributed by atoms with van der Waals surface area (Å²) in [6.07, 6.45) is 0.414. The topological polar surface area (TPSA) is 61.9 Å². The van der Waals surface area contributed by atoms with Gasteiger partial charge in [-0.05, 0) is 24.6 Å². The lowest BCUT2D eigenvalue weighted by Crippen LogP contribution is -2.52. The van der Waals surface area contributed by atoms with E-state index in [0.717, 1.165) is 6.54 Å². The van der Waals surface area contributed by atoms with Gasteiger partial charge in [0.25, 0.3) is 5.91 Å². The van der Waals surface area contributed by atoms with Crippen LogP contribution in [0.5, 0.6) is 0 Å². The van der Waals surface area contributed by atoms with E-state index < -0.39 is 0 Å². The van der Waals surface area contributed by atoms with E-state index in [-0.39, 0.29) is 36.1 Å². The van der Waals surface area contributed by atoms with Gasteiger partial charge in [0.2, 0.25) is 5.91 Å². The molecule has 2 aliphatic rings. The Balaban J connectivity index is 0.00000243. The Kier molecular flexibility index (Phi) is 7.37. The van der Waals surface area contributed by atoms with Gasteiger partial charge in [-0.15, -0.1) is 12.4 Å². The second-order valence-electron chi connectivity index (χ2n) is 6.57. The van der Waals surface area contributed by atoms with Crippen molar-refractivity contribution in [2.75, 3.05) is 45.9 Å². The van der Waals surface area contributed by atoms with E-state index in [2.05, 4.69) is 5.32 Å². The van der Waals surface area contributed by atoms with Gasteiger partial charge < -0.3 is 19.9 Å². The van der Waals surface area contributed by atoms with E-state index >= 15 is 0 Å². The van der Waals surface area contributed by atoms with Crippen LogP contribution in [-0.2, 0) is 9.53 Å². The standard InChI is InChI=1S/C18H24FN3O3.ClH/c1-13-2-3-14(10-16(13)19)18(24)22-7-5-21(6-8-22)17(23)11-15-12-25-9-4-20-15;/h2-3,10,15,20H,4-9,11-12H2,1H3;1H. The number of piperazine rings is 1. The summed E-state index contributed by atoms with van der Waals surface area (Å²) in [6, 6.07) is 4.61. The molecule has 1 atom stereocenters. The molecular formula is C18H25ClFN3O3. The number of aryl methyl sites for hydroxylation is 1. The molecular weight excluding hydrogens is 361 g/mol. The molecule has 1 unspecified atom stereocenters. The van der Waals surface area contributed by atoms with Crippen LogP contribution in [0.15, 0.2) is 18.2 Å². The molecule has 0 radical (unpaired) electrons. The van der Waals surface area contributed by atoms with E-state index in [1.54, 1.807) is 28.9 Å². The number of carbonyl (C=O) groups is 2. The number of nitrogens with one attached hydrogen (secondary N) is 1. The van der Waals surface area contributed by atoms with Gasteiger partial charge in [0.15, 0.2) is 0 Å². The van der Waals surface area contributed by atoms with Crippen molar-refractivity contribution in [2.45, 2.75) is 19.4 Å². The molecule has 2 amide bonds. The summed E-state index contributed by atoms with van der Waals surface area (Å²) in [5.74, 6) is -0.480. The Morgan fingerprint density at radius 3 is 2.54 bits per heavy atom. The molecule has 6 nitrogen and oxygen atoms in total. The fraction of sp³-hybridized carbons (Fsp3) is 0.556. The zero-order chi connectivity index (χ0) is 17.8. The van der Waals surface area contributed by atoms with E-state index in [4.69, 9.17) is 4.74 Å². The number of carbonyl (C=O) groups excluding carboxylic acids is 2. The SMILES string of the molecule is Cc1ccc(C(=O)N2CCN(C(=O)CC3COCCN3)CC2)cc1F.Cl. The van der Waals surface area contributed by atoms with Crippen LogP contribution >= 0.6 is 12.4 Å². The number of halogens is 2. The minimum absolute atomic E-state index is 0. The molecule has 2 heterocycles. The molecule has 8 heteroatoms. The molecule has 144 valence electrons. The van der Waals surface area contributed by atoms with Crippen LogP contribution in [0.25, 0.3) is 0 Å². The average Bonchev–Trinajstić information content (AvgIpc) is 2.64. The minimum Gasteiger partial charge on any atom is -0.378 e. The number of hydrogen-bond donors (Lipinski definition) is 1. The molecule has 1 aromatic rings. The van der Waals surface area contributed by atoms with Crippen molar-refractivity contribution in [3.63, 3.8) is 0 Å². The summed E-state index contributed by atoms with van der Waals surface area (Å²) in [4.78, 5) is 28.3. The minimum atomic E-state index is -0.373. The first kappa shape index (κ1) is 20.6. The third kappa shape index (κ3) is 4.93. The molecule has 2 fully saturated rings. The number of benzene rings is 1. The average molecular weight is 386 g/mol. The molecule has 1 N–H and O–H groups in total. The van der Waals surface area contributed by atoms with E-state index in [0.29, 0.717) is 56.9 Å². The van der Waals surface area contributed by atoms with Crippen LogP contribution < -0.4 is 5.32 Å². The normalized spacial score (nSPS) is 20.5. The summed E-state index contributed by atoms with van der Waals surface area (Å²) in [7, 11) is 0. The number of amides is 2. The first-order valence-corrected chi connectivity index (χ1v) is 8.69. The molecule has 0 saturated carbocycles. The van der Waals surface area contributed by atoms with Crippen LogP contribution in [0.1, 0.15) is 22.3 Å². The van der Waals surface area contributed by atoms with Crippen molar-refractivity contribution in [3.8, 4) is 0 Å². The molecule has 0 bridgehead atoms. The second-order valence-corrected chi connectivity index (χ2v) is 6.57. The third-order valence-corrected chi connectivity index (χ3v) is 4.76. The maximum Gasteiger partial charge on any atom is 0.254 e.